The van der Waals surface area contributed by atoms with Crippen LogP contribution in [0.25, 0.3) is 0 Å². The summed E-state index contributed by atoms with van der Waals surface area (Å²) in [6.07, 6.45) is 0. The molecule has 3 N–H and O–H groups in total. The first kappa shape index (κ1) is 10.2. The molecular formula is C6H9Cl2N3S. The van der Waals surface area contributed by atoms with Crippen LogP contribution < -0.4 is 11.1 Å². The summed E-state index contributed by atoms with van der Waals surface area (Å²) >= 11 is 12.8. The average Bonchev–Trinajstić information content (AvgIpc) is 2.31. The van der Waals surface area contributed by atoms with Crippen molar-refractivity contribution in [1.82, 2.24) is 10.3 Å². The van der Waals surface area contributed by atoms with Crippen molar-refractivity contribution in [3.05, 3.63) is 14.5 Å². The van der Waals surface area contributed by atoms with Crippen molar-refractivity contribution >= 4 is 34.5 Å². The van der Waals surface area contributed by atoms with Crippen LogP contribution in [0.1, 0.15) is 4.88 Å². The third kappa shape index (κ3) is 2.88. The Labute approximate surface area is 84.9 Å². The molecule has 1 heterocycles. The Morgan fingerprint density at radius 3 is 2.75 bits per heavy atom. The Kier molecular flexibility index (Phi) is 4.25. The summed E-state index contributed by atoms with van der Waals surface area (Å²) in [5, 5.41) is 3.59. The molecule has 0 aliphatic heterocycles. The maximum absolute atomic E-state index is 5.77. The molecule has 0 aliphatic rings. The highest BCUT2D eigenvalue weighted by molar-refractivity contribution is 7.16. The topological polar surface area (TPSA) is 50.9 Å². The second-order valence-electron chi connectivity index (χ2n) is 2.15. The van der Waals surface area contributed by atoms with Gasteiger partial charge in [0.25, 0.3) is 0 Å². The summed E-state index contributed by atoms with van der Waals surface area (Å²) in [7, 11) is 0. The van der Waals surface area contributed by atoms with Gasteiger partial charge in [0.1, 0.15) is 5.15 Å². The standard InChI is InChI=1S/C6H9Cl2N3S/c7-5-4(3-10-2-1-9)12-6(8)11-5/h10H,1-3,9H2. The number of thiazole rings is 1. The van der Waals surface area contributed by atoms with Crippen LogP contribution >= 0.6 is 34.5 Å². The summed E-state index contributed by atoms with van der Waals surface area (Å²) in [5.41, 5.74) is 5.30. The minimum absolute atomic E-state index is 0.476. The van der Waals surface area contributed by atoms with Crippen molar-refractivity contribution in [2.75, 3.05) is 13.1 Å². The second-order valence-corrected chi connectivity index (χ2v) is 4.17. The Morgan fingerprint density at radius 1 is 1.50 bits per heavy atom. The fraction of sp³-hybridized carbons (Fsp3) is 0.500. The van der Waals surface area contributed by atoms with Gasteiger partial charge in [-0.1, -0.05) is 23.2 Å². The van der Waals surface area contributed by atoms with E-state index in [4.69, 9.17) is 28.9 Å². The van der Waals surface area contributed by atoms with E-state index < -0.39 is 0 Å². The molecule has 0 aromatic carbocycles. The molecule has 0 saturated heterocycles. The molecule has 0 unspecified atom stereocenters. The number of hydrogen-bond acceptors (Lipinski definition) is 4. The number of nitrogens with zero attached hydrogens (tertiary/aromatic N) is 1. The Balaban J connectivity index is 2.45. The van der Waals surface area contributed by atoms with E-state index in [1.54, 1.807) is 0 Å². The predicted octanol–water partition coefficient (Wildman–Crippen LogP) is 1.50. The molecule has 0 aliphatic carbocycles. The van der Waals surface area contributed by atoms with Crippen molar-refractivity contribution in [3.63, 3.8) is 0 Å². The molecule has 0 saturated carbocycles. The zero-order valence-electron chi connectivity index (χ0n) is 6.31. The molecule has 12 heavy (non-hydrogen) atoms. The van der Waals surface area contributed by atoms with Gasteiger partial charge in [0, 0.05) is 19.6 Å². The van der Waals surface area contributed by atoms with E-state index in [-0.39, 0.29) is 0 Å². The van der Waals surface area contributed by atoms with E-state index in [0.717, 1.165) is 11.4 Å². The van der Waals surface area contributed by atoms with Crippen LogP contribution in [0.2, 0.25) is 9.62 Å². The first-order valence-corrected chi connectivity index (χ1v) is 5.02. The highest BCUT2D eigenvalue weighted by atomic mass is 35.5. The van der Waals surface area contributed by atoms with E-state index in [1.165, 1.54) is 11.3 Å². The summed E-state index contributed by atoms with van der Waals surface area (Å²) in [6, 6.07) is 0. The van der Waals surface area contributed by atoms with Crippen molar-refractivity contribution in [1.29, 1.82) is 0 Å². The first-order valence-electron chi connectivity index (χ1n) is 3.45. The van der Waals surface area contributed by atoms with Crippen LogP contribution in [0, 0.1) is 0 Å². The van der Waals surface area contributed by atoms with Gasteiger partial charge in [0.15, 0.2) is 4.47 Å². The normalized spacial score (nSPS) is 10.6. The monoisotopic (exact) mass is 225 g/mol. The summed E-state index contributed by atoms with van der Waals surface area (Å²) in [5.74, 6) is 0. The lowest BCUT2D eigenvalue weighted by Crippen LogP contribution is -2.21. The van der Waals surface area contributed by atoms with Gasteiger partial charge in [-0.3, -0.25) is 0 Å². The van der Waals surface area contributed by atoms with Gasteiger partial charge < -0.3 is 11.1 Å². The number of rotatable bonds is 4. The van der Waals surface area contributed by atoms with Crippen molar-refractivity contribution in [2.45, 2.75) is 6.54 Å². The van der Waals surface area contributed by atoms with Crippen molar-refractivity contribution in [2.24, 2.45) is 5.73 Å². The van der Waals surface area contributed by atoms with E-state index >= 15 is 0 Å². The van der Waals surface area contributed by atoms with Gasteiger partial charge >= 0.3 is 0 Å². The lowest BCUT2D eigenvalue weighted by molar-refractivity contribution is 0.701. The number of hydrogen-bond donors (Lipinski definition) is 2. The van der Waals surface area contributed by atoms with Gasteiger partial charge in [-0.15, -0.1) is 11.3 Å². The van der Waals surface area contributed by atoms with Crippen molar-refractivity contribution in [3.8, 4) is 0 Å². The summed E-state index contributed by atoms with van der Waals surface area (Å²) in [4.78, 5) is 4.82. The predicted molar refractivity (Wildman–Crippen MR) is 52.9 cm³/mol. The van der Waals surface area contributed by atoms with Gasteiger partial charge in [0.05, 0.1) is 4.88 Å². The van der Waals surface area contributed by atoms with Gasteiger partial charge in [-0.05, 0) is 0 Å². The second kappa shape index (κ2) is 4.99. The van der Waals surface area contributed by atoms with Crippen LogP contribution in [-0.2, 0) is 6.54 Å². The van der Waals surface area contributed by atoms with E-state index in [9.17, 15) is 0 Å². The highest BCUT2D eigenvalue weighted by Crippen LogP contribution is 2.25. The van der Waals surface area contributed by atoms with Crippen molar-refractivity contribution < 1.29 is 0 Å². The van der Waals surface area contributed by atoms with E-state index in [2.05, 4.69) is 10.3 Å². The molecule has 0 radical (unpaired) electrons. The molecule has 68 valence electrons. The molecule has 0 amide bonds. The number of aromatic nitrogens is 1. The van der Waals surface area contributed by atoms with Crippen LogP contribution in [-0.4, -0.2) is 18.1 Å². The smallest absolute Gasteiger partial charge is 0.185 e. The molecule has 0 atom stereocenters. The van der Waals surface area contributed by atoms with E-state index in [1.807, 2.05) is 0 Å². The minimum Gasteiger partial charge on any atom is -0.329 e. The van der Waals surface area contributed by atoms with Crippen LogP contribution in [0.4, 0.5) is 0 Å². The number of nitrogens with two attached hydrogens (primary N) is 1. The largest absolute Gasteiger partial charge is 0.329 e. The maximum Gasteiger partial charge on any atom is 0.185 e. The molecule has 3 nitrogen and oxygen atoms in total. The quantitative estimate of drug-likeness (QED) is 0.765. The third-order valence-corrected chi connectivity index (χ3v) is 2.81. The molecule has 1 aromatic rings. The molecular weight excluding hydrogens is 217 g/mol. The molecule has 0 spiro atoms. The fourth-order valence-electron chi connectivity index (χ4n) is 0.719. The average molecular weight is 226 g/mol. The van der Waals surface area contributed by atoms with Gasteiger partial charge in [-0.2, -0.15) is 0 Å². The van der Waals surface area contributed by atoms with Crippen LogP contribution in [0.5, 0.6) is 0 Å². The van der Waals surface area contributed by atoms with Crippen LogP contribution in [0.3, 0.4) is 0 Å². The Bertz CT molecular complexity index is 251. The lowest BCUT2D eigenvalue weighted by atomic mass is 10.5. The SMILES string of the molecule is NCCNCc1sc(Cl)nc1Cl. The Morgan fingerprint density at radius 2 is 2.25 bits per heavy atom. The number of nitrogens with one attached hydrogen (secondary N) is 1. The maximum atomic E-state index is 5.77. The molecule has 0 fully saturated rings. The molecule has 6 heteroatoms. The van der Waals surface area contributed by atoms with E-state index in [0.29, 0.717) is 22.7 Å². The summed E-state index contributed by atoms with van der Waals surface area (Å²) in [6.45, 7) is 2.07. The lowest BCUT2D eigenvalue weighted by Gasteiger charge is -1.98. The molecule has 1 aromatic heterocycles. The zero-order valence-corrected chi connectivity index (χ0v) is 8.64. The zero-order chi connectivity index (χ0) is 8.97. The first-order chi connectivity index (χ1) is 5.74. The van der Waals surface area contributed by atoms with Gasteiger partial charge in [0.2, 0.25) is 0 Å². The van der Waals surface area contributed by atoms with Crippen LogP contribution in [0.15, 0.2) is 0 Å². The van der Waals surface area contributed by atoms with Gasteiger partial charge in [-0.25, -0.2) is 4.98 Å². The summed E-state index contributed by atoms with van der Waals surface area (Å²) < 4.78 is 0.476. The minimum atomic E-state index is 0.476. The highest BCUT2D eigenvalue weighted by Gasteiger charge is 2.06. The third-order valence-electron chi connectivity index (χ3n) is 1.23. The molecule has 0 bridgehead atoms. The number of halogens is 2. The molecule has 1 rings (SSSR count). The fourth-order valence-corrected chi connectivity index (χ4v) is 2.09. The Hall–Kier alpha value is 0.130.